The van der Waals surface area contributed by atoms with Crippen LogP contribution in [-0.2, 0) is 14.8 Å². The largest absolute Gasteiger partial charge is 0.497 e. The highest BCUT2D eigenvalue weighted by atomic mass is 32.2. The Hall–Kier alpha value is -2.54. The second kappa shape index (κ2) is 8.23. The van der Waals surface area contributed by atoms with E-state index in [0.717, 1.165) is 16.1 Å². The first-order chi connectivity index (χ1) is 12.2. The van der Waals surface area contributed by atoms with Crippen LogP contribution < -0.4 is 14.4 Å². The highest BCUT2D eigenvalue weighted by molar-refractivity contribution is 7.92. The minimum absolute atomic E-state index is 0.233. The average molecular weight is 376 g/mol. The third kappa shape index (κ3) is 4.76. The number of anilines is 1. The number of nitrogens with zero attached hydrogens (tertiary/aromatic N) is 1. The van der Waals surface area contributed by atoms with Crippen molar-refractivity contribution in [2.45, 2.75) is 25.9 Å². The van der Waals surface area contributed by atoms with E-state index >= 15 is 0 Å². The normalized spacial score (nSPS) is 13.5. The van der Waals surface area contributed by atoms with E-state index in [1.807, 2.05) is 37.3 Å². The fraction of sp³-hybridized carbons (Fsp3) is 0.316. The molecule has 0 aliphatic heterocycles. The molecule has 140 valence electrons. The topological polar surface area (TPSA) is 75.7 Å². The molecule has 2 aromatic carbocycles. The Labute approximate surface area is 154 Å². The lowest BCUT2D eigenvalue weighted by Crippen LogP contribution is -2.48. The third-order valence-corrected chi connectivity index (χ3v) is 5.32. The molecule has 2 rings (SSSR count). The highest BCUT2D eigenvalue weighted by Gasteiger charge is 2.29. The maximum atomic E-state index is 12.7. The predicted molar refractivity (Wildman–Crippen MR) is 103 cm³/mol. The van der Waals surface area contributed by atoms with Gasteiger partial charge in [0, 0.05) is 0 Å². The Bertz CT molecular complexity index is 836. The lowest BCUT2D eigenvalue weighted by atomic mass is 10.1. The van der Waals surface area contributed by atoms with Crippen LogP contribution in [0.5, 0.6) is 5.75 Å². The minimum atomic E-state index is -3.65. The molecule has 6 nitrogen and oxygen atoms in total. The smallest absolute Gasteiger partial charge is 0.244 e. The summed E-state index contributed by atoms with van der Waals surface area (Å²) in [6, 6.07) is 14.9. The Morgan fingerprint density at radius 3 is 2.12 bits per heavy atom. The van der Waals surface area contributed by atoms with E-state index in [1.54, 1.807) is 31.2 Å². The Balaban J connectivity index is 2.23. The monoisotopic (exact) mass is 376 g/mol. The molecule has 0 aromatic heterocycles. The van der Waals surface area contributed by atoms with Crippen LogP contribution in [0.2, 0.25) is 0 Å². The van der Waals surface area contributed by atoms with Gasteiger partial charge in [0.15, 0.2) is 0 Å². The number of carbonyl (C=O) groups excluding carboxylic acids is 1. The van der Waals surface area contributed by atoms with Crippen molar-refractivity contribution in [2.75, 3.05) is 17.7 Å². The van der Waals surface area contributed by atoms with Gasteiger partial charge in [0.2, 0.25) is 15.9 Å². The molecule has 7 heteroatoms. The van der Waals surface area contributed by atoms with Crippen molar-refractivity contribution in [3.05, 3.63) is 60.2 Å². The molecule has 0 unspecified atom stereocenters. The predicted octanol–water partition coefficient (Wildman–Crippen LogP) is 2.73. The molecule has 1 N–H and O–H groups in total. The van der Waals surface area contributed by atoms with Gasteiger partial charge in [0.1, 0.15) is 11.8 Å². The standard InChI is InChI=1S/C19H24N2O4S/c1-14(16-8-6-5-7-9-16)20-19(22)15(2)21(26(4,23)24)17-10-12-18(25-3)13-11-17/h5-15H,1-4H3,(H,20,22)/t14-,15-/m0/s1. The molecule has 0 heterocycles. The molecule has 0 aliphatic carbocycles. The first-order valence-electron chi connectivity index (χ1n) is 8.23. The lowest BCUT2D eigenvalue weighted by molar-refractivity contribution is -0.122. The molecule has 0 bridgehead atoms. The van der Waals surface area contributed by atoms with E-state index in [9.17, 15) is 13.2 Å². The minimum Gasteiger partial charge on any atom is -0.497 e. The fourth-order valence-corrected chi connectivity index (χ4v) is 3.87. The number of hydrogen-bond donors (Lipinski definition) is 1. The van der Waals surface area contributed by atoms with E-state index in [-0.39, 0.29) is 11.9 Å². The van der Waals surface area contributed by atoms with Crippen LogP contribution in [0.4, 0.5) is 5.69 Å². The van der Waals surface area contributed by atoms with Crippen LogP contribution in [-0.4, -0.2) is 33.7 Å². The van der Waals surface area contributed by atoms with E-state index in [4.69, 9.17) is 4.74 Å². The molecule has 0 fully saturated rings. The van der Waals surface area contributed by atoms with Gasteiger partial charge in [-0.15, -0.1) is 0 Å². The summed E-state index contributed by atoms with van der Waals surface area (Å²) in [7, 11) is -2.12. The zero-order valence-corrected chi connectivity index (χ0v) is 16.2. The van der Waals surface area contributed by atoms with Crippen molar-refractivity contribution in [1.82, 2.24) is 5.32 Å². The van der Waals surface area contributed by atoms with Crippen molar-refractivity contribution < 1.29 is 17.9 Å². The Morgan fingerprint density at radius 1 is 1.04 bits per heavy atom. The van der Waals surface area contributed by atoms with Crippen molar-refractivity contribution in [3.8, 4) is 5.75 Å². The van der Waals surface area contributed by atoms with Crippen molar-refractivity contribution >= 4 is 21.6 Å². The molecule has 2 atom stereocenters. The number of benzene rings is 2. The molecule has 0 saturated heterocycles. The summed E-state index contributed by atoms with van der Waals surface area (Å²) < 4.78 is 30.8. The van der Waals surface area contributed by atoms with E-state index in [1.165, 1.54) is 7.11 Å². The molecular formula is C19H24N2O4S. The van der Waals surface area contributed by atoms with Gasteiger partial charge in [-0.25, -0.2) is 8.42 Å². The summed E-state index contributed by atoms with van der Waals surface area (Å²) in [4.78, 5) is 12.7. The molecular weight excluding hydrogens is 352 g/mol. The summed E-state index contributed by atoms with van der Waals surface area (Å²) in [5.41, 5.74) is 1.35. The van der Waals surface area contributed by atoms with Crippen molar-refractivity contribution in [1.29, 1.82) is 0 Å². The SMILES string of the molecule is COc1ccc(N([C@@H](C)C(=O)N[C@@H](C)c2ccccc2)S(C)(=O)=O)cc1. The summed E-state index contributed by atoms with van der Waals surface area (Å²) in [5.74, 6) is 0.236. The number of methoxy groups -OCH3 is 1. The number of rotatable bonds is 7. The first-order valence-corrected chi connectivity index (χ1v) is 10.1. The molecule has 2 aromatic rings. The lowest BCUT2D eigenvalue weighted by Gasteiger charge is -2.29. The van der Waals surface area contributed by atoms with Gasteiger partial charge in [0.05, 0.1) is 25.1 Å². The summed E-state index contributed by atoms with van der Waals surface area (Å²) in [6.07, 6.45) is 1.08. The van der Waals surface area contributed by atoms with Gasteiger partial charge in [-0.1, -0.05) is 30.3 Å². The van der Waals surface area contributed by atoms with Crippen LogP contribution in [0.25, 0.3) is 0 Å². The van der Waals surface area contributed by atoms with Crippen molar-refractivity contribution in [3.63, 3.8) is 0 Å². The molecule has 0 spiro atoms. The maximum absolute atomic E-state index is 12.7. The van der Waals surface area contributed by atoms with Crippen LogP contribution in [0.1, 0.15) is 25.5 Å². The average Bonchev–Trinajstić information content (AvgIpc) is 2.61. The van der Waals surface area contributed by atoms with Gasteiger partial charge in [-0.3, -0.25) is 9.10 Å². The zero-order valence-electron chi connectivity index (χ0n) is 15.3. The van der Waals surface area contributed by atoms with Gasteiger partial charge in [-0.2, -0.15) is 0 Å². The van der Waals surface area contributed by atoms with E-state index in [2.05, 4.69) is 5.32 Å². The second-order valence-electron chi connectivity index (χ2n) is 6.07. The summed E-state index contributed by atoms with van der Waals surface area (Å²) >= 11 is 0. The van der Waals surface area contributed by atoms with Gasteiger partial charge >= 0.3 is 0 Å². The second-order valence-corrected chi connectivity index (χ2v) is 7.93. The number of ether oxygens (including phenoxy) is 1. The summed E-state index contributed by atoms with van der Waals surface area (Å²) in [6.45, 7) is 3.43. The van der Waals surface area contributed by atoms with Crippen LogP contribution in [0.15, 0.2) is 54.6 Å². The molecule has 0 saturated carbocycles. The molecule has 0 radical (unpaired) electrons. The van der Waals surface area contributed by atoms with Crippen molar-refractivity contribution in [2.24, 2.45) is 0 Å². The van der Waals surface area contributed by atoms with Crippen LogP contribution in [0.3, 0.4) is 0 Å². The third-order valence-electron chi connectivity index (χ3n) is 4.07. The Kier molecular flexibility index (Phi) is 6.26. The summed E-state index contributed by atoms with van der Waals surface area (Å²) in [5, 5.41) is 2.87. The fourth-order valence-electron chi connectivity index (χ4n) is 2.70. The molecule has 1 amide bonds. The molecule has 26 heavy (non-hydrogen) atoms. The van der Waals surface area contributed by atoms with Crippen LogP contribution >= 0.6 is 0 Å². The number of carbonyl (C=O) groups is 1. The molecule has 0 aliphatic rings. The number of hydrogen-bond acceptors (Lipinski definition) is 4. The number of sulfonamides is 1. The number of amides is 1. The zero-order chi connectivity index (χ0) is 19.3. The quantitative estimate of drug-likeness (QED) is 0.806. The first kappa shape index (κ1) is 19.8. The highest BCUT2D eigenvalue weighted by Crippen LogP contribution is 2.24. The van der Waals surface area contributed by atoms with E-state index in [0.29, 0.717) is 11.4 Å². The van der Waals surface area contributed by atoms with Gasteiger partial charge in [-0.05, 0) is 43.7 Å². The van der Waals surface area contributed by atoms with E-state index < -0.39 is 16.1 Å². The van der Waals surface area contributed by atoms with Crippen LogP contribution in [0, 0.1) is 0 Å². The Morgan fingerprint density at radius 2 is 1.62 bits per heavy atom. The van der Waals surface area contributed by atoms with Gasteiger partial charge in [0.25, 0.3) is 0 Å². The number of nitrogens with one attached hydrogen (secondary N) is 1. The maximum Gasteiger partial charge on any atom is 0.244 e. The van der Waals surface area contributed by atoms with Gasteiger partial charge < -0.3 is 10.1 Å².